The van der Waals surface area contributed by atoms with Crippen LogP contribution in [-0.2, 0) is 9.47 Å². The lowest BCUT2D eigenvalue weighted by atomic mass is 9.87. The van der Waals surface area contributed by atoms with Crippen molar-refractivity contribution in [1.82, 2.24) is 10.2 Å². The van der Waals surface area contributed by atoms with Crippen molar-refractivity contribution in [3.8, 4) is 0 Å². The molecule has 3 atom stereocenters. The highest BCUT2D eigenvalue weighted by Crippen LogP contribution is 2.35. The number of rotatable bonds is 5. The number of hydrogen-bond donors (Lipinski definition) is 1. The van der Waals surface area contributed by atoms with E-state index in [1.807, 2.05) is 0 Å². The summed E-state index contributed by atoms with van der Waals surface area (Å²) in [6.07, 6.45) is 7.47. The van der Waals surface area contributed by atoms with E-state index >= 15 is 0 Å². The number of piperidine rings is 1. The first-order chi connectivity index (χ1) is 10.3. The fourth-order valence-corrected chi connectivity index (χ4v) is 4.26. The summed E-state index contributed by atoms with van der Waals surface area (Å²) in [6, 6.07) is 0.717. The zero-order valence-corrected chi connectivity index (χ0v) is 13.6. The van der Waals surface area contributed by atoms with E-state index in [1.54, 1.807) is 0 Å². The van der Waals surface area contributed by atoms with Crippen LogP contribution in [0.15, 0.2) is 0 Å². The third-order valence-electron chi connectivity index (χ3n) is 5.46. The molecule has 21 heavy (non-hydrogen) atoms. The molecule has 0 bridgehead atoms. The SMILES string of the molecule is CCCNCC1CCCN(C2CCOC3(CCOC3)C2)C1. The average molecular weight is 296 g/mol. The maximum atomic E-state index is 6.09. The topological polar surface area (TPSA) is 33.7 Å². The molecule has 0 aromatic carbocycles. The lowest BCUT2D eigenvalue weighted by Crippen LogP contribution is -2.52. The Morgan fingerprint density at radius 2 is 2.24 bits per heavy atom. The largest absolute Gasteiger partial charge is 0.378 e. The molecule has 1 N–H and O–H groups in total. The Hall–Kier alpha value is -0.160. The molecule has 1 spiro atoms. The van der Waals surface area contributed by atoms with Crippen LogP contribution < -0.4 is 5.32 Å². The van der Waals surface area contributed by atoms with E-state index in [0.29, 0.717) is 0 Å². The van der Waals surface area contributed by atoms with Crippen molar-refractivity contribution in [3.05, 3.63) is 0 Å². The Balaban J connectivity index is 1.50. The molecule has 3 fully saturated rings. The van der Waals surface area contributed by atoms with Crippen LogP contribution in [-0.4, -0.2) is 62.5 Å². The molecule has 3 saturated heterocycles. The summed E-state index contributed by atoms with van der Waals surface area (Å²) in [5.41, 5.74) is 0.0519. The van der Waals surface area contributed by atoms with Crippen molar-refractivity contribution < 1.29 is 9.47 Å². The van der Waals surface area contributed by atoms with Gasteiger partial charge in [-0.05, 0) is 57.7 Å². The Morgan fingerprint density at radius 3 is 3.05 bits per heavy atom. The maximum Gasteiger partial charge on any atom is 0.0951 e. The predicted octanol–water partition coefficient (Wildman–Crippen LogP) is 2.04. The second kappa shape index (κ2) is 7.40. The van der Waals surface area contributed by atoms with E-state index in [0.717, 1.165) is 44.7 Å². The van der Waals surface area contributed by atoms with Gasteiger partial charge in [-0.15, -0.1) is 0 Å². The number of hydrogen-bond acceptors (Lipinski definition) is 4. The van der Waals surface area contributed by atoms with Crippen LogP contribution in [0.2, 0.25) is 0 Å². The highest BCUT2D eigenvalue weighted by Gasteiger charge is 2.43. The van der Waals surface area contributed by atoms with E-state index in [9.17, 15) is 0 Å². The first-order valence-electron chi connectivity index (χ1n) is 8.98. The van der Waals surface area contributed by atoms with Gasteiger partial charge < -0.3 is 14.8 Å². The molecule has 3 heterocycles. The van der Waals surface area contributed by atoms with Crippen LogP contribution in [0.1, 0.15) is 45.4 Å². The molecule has 0 radical (unpaired) electrons. The van der Waals surface area contributed by atoms with Crippen LogP contribution in [0.5, 0.6) is 0 Å². The van der Waals surface area contributed by atoms with E-state index < -0.39 is 0 Å². The summed E-state index contributed by atoms with van der Waals surface area (Å²) >= 11 is 0. The second-order valence-corrected chi connectivity index (χ2v) is 7.19. The van der Waals surface area contributed by atoms with Crippen LogP contribution in [0, 0.1) is 5.92 Å². The molecule has 3 aliphatic rings. The zero-order valence-electron chi connectivity index (χ0n) is 13.6. The first kappa shape index (κ1) is 15.7. The van der Waals surface area contributed by atoms with E-state index in [2.05, 4.69) is 17.1 Å². The molecule has 4 nitrogen and oxygen atoms in total. The fourth-order valence-electron chi connectivity index (χ4n) is 4.26. The van der Waals surface area contributed by atoms with Gasteiger partial charge in [0.25, 0.3) is 0 Å². The van der Waals surface area contributed by atoms with Crippen molar-refractivity contribution in [1.29, 1.82) is 0 Å². The average Bonchev–Trinajstić information content (AvgIpc) is 2.96. The van der Waals surface area contributed by atoms with Gasteiger partial charge in [-0.2, -0.15) is 0 Å². The molecule has 0 aromatic heterocycles. The fraction of sp³-hybridized carbons (Fsp3) is 1.00. The van der Waals surface area contributed by atoms with E-state index in [4.69, 9.17) is 9.47 Å². The first-order valence-corrected chi connectivity index (χ1v) is 8.98. The minimum Gasteiger partial charge on any atom is -0.378 e. The number of ether oxygens (including phenoxy) is 2. The van der Waals surface area contributed by atoms with Crippen LogP contribution in [0.25, 0.3) is 0 Å². The van der Waals surface area contributed by atoms with Gasteiger partial charge in [0.2, 0.25) is 0 Å². The summed E-state index contributed by atoms with van der Waals surface area (Å²) < 4.78 is 11.7. The van der Waals surface area contributed by atoms with Crippen molar-refractivity contribution in [2.45, 2.75) is 57.1 Å². The number of nitrogens with one attached hydrogen (secondary N) is 1. The Morgan fingerprint density at radius 1 is 1.29 bits per heavy atom. The van der Waals surface area contributed by atoms with Crippen molar-refractivity contribution >= 4 is 0 Å². The highest BCUT2D eigenvalue weighted by atomic mass is 16.6. The minimum atomic E-state index is 0.0519. The molecule has 0 aliphatic carbocycles. The molecule has 3 rings (SSSR count). The molecule has 4 heteroatoms. The van der Waals surface area contributed by atoms with Crippen LogP contribution in [0.4, 0.5) is 0 Å². The lowest BCUT2D eigenvalue weighted by molar-refractivity contribution is -0.110. The van der Waals surface area contributed by atoms with Gasteiger partial charge in [0.15, 0.2) is 0 Å². The molecular formula is C17H32N2O2. The summed E-state index contributed by atoms with van der Waals surface area (Å²) in [5.74, 6) is 0.837. The number of likely N-dealkylation sites (tertiary alicyclic amines) is 1. The van der Waals surface area contributed by atoms with Crippen LogP contribution in [0.3, 0.4) is 0 Å². The number of nitrogens with zero attached hydrogens (tertiary/aromatic N) is 1. The van der Waals surface area contributed by atoms with Crippen molar-refractivity contribution in [3.63, 3.8) is 0 Å². The summed E-state index contributed by atoms with van der Waals surface area (Å²) in [6.45, 7) is 9.78. The van der Waals surface area contributed by atoms with Gasteiger partial charge in [0.1, 0.15) is 0 Å². The molecule has 0 aromatic rings. The smallest absolute Gasteiger partial charge is 0.0951 e. The van der Waals surface area contributed by atoms with Gasteiger partial charge in [-0.3, -0.25) is 4.90 Å². The molecule has 3 aliphatic heterocycles. The summed E-state index contributed by atoms with van der Waals surface area (Å²) in [4.78, 5) is 2.75. The van der Waals surface area contributed by atoms with Crippen molar-refractivity contribution in [2.24, 2.45) is 5.92 Å². The highest BCUT2D eigenvalue weighted by molar-refractivity contribution is 4.94. The Labute approximate surface area is 129 Å². The summed E-state index contributed by atoms with van der Waals surface area (Å²) in [7, 11) is 0. The van der Waals surface area contributed by atoms with Gasteiger partial charge in [0, 0.05) is 32.2 Å². The van der Waals surface area contributed by atoms with Gasteiger partial charge in [-0.25, -0.2) is 0 Å². The zero-order chi connectivity index (χ0) is 14.5. The third kappa shape index (κ3) is 3.98. The van der Waals surface area contributed by atoms with Gasteiger partial charge in [-0.1, -0.05) is 6.92 Å². The molecule has 0 saturated carbocycles. The van der Waals surface area contributed by atoms with Gasteiger partial charge in [0.05, 0.1) is 12.2 Å². The third-order valence-corrected chi connectivity index (χ3v) is 5.46. The maximum absolute atomic E-state index is 6.09. The second-order valence-electron chi connectivity index (χ2n) is 7.19. The standard InChI is InChI=1S/C17H32N2O2/c1-2-7-18-12-15-4-3-8-19(13-15)16-5-9-21-17(11-16)6-10-20-14-17/h15-16,18H,2-14H2,1H3. The monoisotopic (exact) mass is 296 g/mol. The normalized spacial score (nSPS) is 38.1. The molecule has 3 unspecified atom stereocenters. The Kier molecular flexibility index (Phi) is 5.54. The minimum absolute atomic E-state index is 0.0519. The molecule has 0 amide bonds. The van der Waals surface area contributed by atoms with Crippen molar-refractivity contribution in [2.75, 3.05) is 46.0 Å². The van der Waals surface area contributed by atoms with Gasteiger partial charge >= 0.3 is 0 Å². The summed E-state index contributed by atoms with van der Waals surface area (Å²) in [5, 5.41) is 3.61. The Bertz CT molecular complexity index is 318. The van der Waals surface area contributed by atoms with E-state index in [1.165, 1.54) is 51.7 Å². The quantitative estimate of drug-likeness (QED) is 0.787. The predicted molar refractivity (Wildman–Crippen MR) is 84.6 cm³/mol. The van der Waals surface area contributed by atoms with E-state index in [-0.39, 0.29) is 5.60 Å². The lowest BCUT2D eigenvalue weighted by Gasteiger charge is -2.45. The van der Waals surface area contributed by atoms with Crippen LogP contribution >= 0.6 is 0 Å². The molecular weight excluding hydrogens is 264 g/mol. The molecule has 122 valence electrons.